The number of ether oxygens (including phenoxy) is 1. The summed E-state index contributed by atoms with van der Waals surface area (Å²) in [7, 11) is 1.65. The number of carbonyl (C=O) groups excluding carboxylic acids is 1. The number of nitrogens with one attached hydrogen (secondary N) is 1. The topological polar surface area (TPSA) is 62.4 Å². The van der Waals surface area contributed by atoms with E-state index in [4.69, 9.17) is 4.74 Å². The molecule has 0 saturated carbocycles. The maximum absolute atomic E-state index is 12.9. The molecule has 3 rings (SSSR count). The lowest BCUT2D eigenvalue weighted by molar-refractivity contribution is 0.0535. The summed E-state index contributed by atoms with van der Waals surface area (Å²) in [5.74, 6) is 1.12. The van der Waals surface area contributed by atoms with Crippen LogP contribution in [-0.2, 0) is 0 Å². The van der Waals surface area contributed by atoms with Crippen LogP contribution in [0.1, 0.15) is 41.9 Å². The van der Waals surface area contributed by atoms with Crippen LogP contribution in [-0.4, -0.2) is 29.4 Å². The zero-order chi connectivity index (χ0) is 16.4. The van der Waals surface area contributed by atoms with Crippen molar-refractivity contribution in [1.82, 2.24) is 9.88 Å². The highest BCUT2D eigenvalue weighted by Crippen LogP contribution is 2.38. The molecule has 0 radical (unpaired) electrons. The zero-order valence-electron chi connectivity index (χ0n) is 13.2. The number of likely N-dealkylation sites (tertiary alicyclic amines) is 1. The predicted molar refractivity (Wildman–Crippen MR) is 90.1 cm³/mol. The first kappa shape index (κ1) is 15.8. The second-order valence-electron chi connectivity index (χ2n) is 5.96. The van der Waals surface area contributed by atoms with Crippen LogP contribution in [0.15, 0.2) is 34.4 Å². The molecule has 5 nitrogen and oxygen atoms in total. The van der Waals surface area contributed by atoms with E-state index in [1.807, 2.05) is 29.2 Å². The Balaban J connectivity index is 1.96. The van der Waals surface area contributed by atoms with Gasteiger partial charge in [-0.05, 0) is 24.8 Å². The monoisotopic (exact) mass is 332 g/mol. The summed E-state index contributed by atoms with van der Waals surface area (Å²) in [6.45, 7) is 2.83. The molecule has 1 fully saturated rings. The molecule has 1 aromatic carbocycles. The number of hydrogen-bond acceptors (Lipinski definition) is 4. The molecule has 2 aromatic rings. The number of thiazole rings is 1. The van der Waals surface area contributed by atoms with Gasteiger partial charge in [-0.2, -0.15) is 0 Å². The summed E-state index contributed by atoms with van der Waals surface area (Å²) in [5.41, 5.74) is 1.39. The molecular weight excluding hydrogens is 312 g/mol. The van der Waals surface area contributed by atoms with Crippen molar-refractivity contribution in [2.75, 3.05) is 13.7 Å². The number of methoxy groups -OCH3 is 1. The average Bonchev–Trinajstić information content (AvgIpc) is 3.00. The van der Waals surface area contributed by atoms with E-state index < -0.39 is 0 Å². The van der Waals surface area contributed by atoms with Crippen LogP contribution < -0.4 is 9.61 Å². The van der Waals surface area contributed by atoms with Crippen molar-refractivity contribution < 1.29 is 9.53 Å². The fourth-order valence-electron chi connectivity index (χ4n) is 3.18. The highest BCUT2D eigenvalue weighted by atomic mass is 32.1. The lowest BCUT2D eigenvalue weighted by atomic mass is 9.89. The van der Waals surface area contributed by atoms with Gasteiger partial charge in [0.25, 0.3) is 5.91 Å². The van der Waals surface area contributed by atoms with Gasteiger partial charge in [-0.15, -0.1) is 0 Å². The number of para-hydroxylation sites is 1. The Morgan fingerprint density at radius 3 is 2.83 bits per heavy atom. The third-order valence-corrected chi connectivity index (χ3v) is 5.00. The molecule has 0 bridgehead atoms. The van der Waals surface area contributed by atoms with Gasteiger partial charge in [0.05, 0.1) is 13.2 Å². The lowest BCUT2D eigenvalue weighted by Crippen LogP contribution is -2.42. The van der Waals surface area contributed by atoms with Crippen LogP contribution in [0.3, 0.4) is 0 Å². The number of carbonyl (C=O) groups is 1. The molecule has 1 aliphatic rings. The molecule has 2 atom stereocenters. The molecule has 0 aliphatic carbocycles. The Labute approximate surface area is 138 Å². The van der Waals surface area contributed by atoms with E-state index in [9.17, 15) is 9.59 Å². The standard InChI is InChI=1S/C17H20N2O3S/c1-11-7-8-14(12-5-3-4-6-15(12)22-2)19(9-11)16(20)13-10-23-17(21)18-13/h3-6,10-11,14H,7-9H2,1-2H3,(H,18,21). The van der Waals surface area contributed by atoms with Crippen molar-refractivity contribution in [3.8, 4) is 5.75 Å². The van der Waals surface area contributed by atoms with Crippen LogP contribution in [0, 0.1) is 5.92 Å². The quantitative estimate of drug-likeness (QED) is 0.939. The molecule has 1 N–H and O–H groups in total. The minimum absolute atomic E-state index is 0.0294. The molecule has 1 saturated heterocycles. The molecule has 1 aliphatic heterocycles. The predicted octanol–water partition coefficient (Wildman–Crippen LogP) is 3.06. The summed E-state index contributed by atoms with van der Waals surface area (Å²) < 4.78 is 5.47. The van der Waals surface area contributed by atoms with Crippen LogP contribution in [0.4, 0.5) is 0 Å². The molecule has 2 unspecified atom stereocenters. The highest BCUT2D eigenvalue weighted by Gasteiger charge is 2.33. The lowest BCUT2D eigenvalue weighted by Gasteiger charge is -2.39. The minimum Gasteiger partial charge on any atom is -0.496 e. The van der Waals surface area contributed by atoms with Crippen molar-refractivity contribution in [2.45, 2.75) is 25.8 Å². The summed E-state index contributed by atoms with van der Waals surface area (Å²) in [6, 6.07) is 7.79. The average molecular weight is 332 g/mol. The number of nitrogens with zero attached hydrogens (tertiary/aromatic N) is 1. The van der Waals surface area contributed by atoms with Gasteiger partial charge >= 0.3 is 4.87 Å². The van der Waals surface area contributed by atoms with Gasteiger partial charge in [0.1, 0.15) is 11.4 Å². The fourth-order valence-corrected chi connectivity index (χ4v) is 3.74. The Kier molecular flexibility index (Phi) is 4.52. The highest BCUT2D eigenvalue weighted by molar-refractivity contribution is 7.07. The number of rotatable bonds is 3. The molecule has 2 heterocycles. The van der Waals surface area contributed by atoms with Gasteiger partial charge in [-0.25, -0.2) is 0 Å². The second kappa shape index (κ2) is 6.58. The SMILES string of the molecule is COc1ccccc1C1CCC(C)CN1C(=O)c1csc(=O)[nH]1. The number of aromatic nitrogens is 1. The van der Waals surface area contributed by atoms with Crippen LogP contribution >= 0.6 is 11.3 Å². The molecule has 6 heteroatoms. The minimum atomic E-state index is -0.202. The van der Waals surface area contributed by atoms with E-state index in [2.05, 4.69) is 11.9 Å². The number of amides is 1. The van der Waals surface area contributed by atoms with E-state index in [-0.39, 0.29) is 16.8 Å². The number of piperidine rings is 1. The largest absolute Gasteiger partial charge is 0.496 e. The van der Waals surface area contributed by atoms with Crippen molar-refractivity contribution in [1.29, 1.82) is 0 Å². The Hall–Kier alpha value is -2.08. The summed E-state index contributed by atoms with van der Waals surface area (Å²) >= 11 is 1.02. The van der Waals surface area contributed by atoms with Gasteiger partial charge in [0.15, 0.2) is 0 Å². The van der Waals surface area contributed by atoms with Crippen LogP contribution in [0.25, 0.3) is 0 Å². The molecular formula is C17H20N2O3S. The number of H-pyrrole nitrogens is 1. The number of aromatic amines is 1. The van der Waals surface area contributed by atoms with E-state index in [1.54, 1.807) is 12.5 Å². The molecule has 23 heavy (non-hydrogen) atoms. The number of benzene rings is 1. The summed E-state index contributed by atoms with van der Waals surface area (Å²) in [6.07, 6.45) is 1.95. The van der Waals surface area contributed by atoms with E-state index in [0.717, 1.165) is 35.5 Å². The Morgan fingerprint density at radius 1 is 1.35 bits per heavy atom. The summed E-state index contributed by atoms with van der Waals surface area (Å²) in [5, 5.41) is 1.60. The van der Waals surface area contributed by atoms with Gasteiger partial charge < -0.3 is 14.6 Å². The molecule has 1 amide bonds. The fraction of sp³-hybridized carbons (Fsp3) is 0.412. The van der Waals surface area contributed by atoms with Crippen molar-refractivity contribution >= 4 is 17.2 Å². The molecule has 1 aromatic heterocycles. The van der Waals surface area contributed by atoms with Gasteiger partial charge in [-0.1, -0.05) is 36.5 Å². The first-order valence-electron chi connectivity index (χ1n) is 7.72. The van der Waals surface area contributed by atoms with Gasteiger partial charge in [0, 0.05) is 17.5 Å². The maximum atomic E-state index is 12.9. The maximum Gasteiger partial charge on any atom is 0.305 e. The van der Waals surface area contributed by atoms with E-state index in [1.165, 1.54) is 0 Å². The second-order valence-corrected chi connectivity index (χ2v) is 6.80. The van der Waals surface area contributed by atoms with E-state index >= 15 is 0 Å². The Morgan fingerprint density at radius 2 is 2.13 bits per heavy atom. The smallest absolute Gasteiger partial charge is 0.305 e. The third-order valence-electron chi connectivity index (χ3n) is 4.33. The van der Waals surface area contributed by atoms with Crippen molar-refractivity contribution in [3.63, 3.8) is 0 Å². The van der Waals surface area contributed by atoms with Crippen molar-refractivity contribution in [3.05, 3.63) is 50.6 Å². The van der Waals surface area contributed by atoms with Gasteiger partial charge in [0.2, 0.25) is 0 Å². The molecule has 0 spiro atoms. The number of hydrogen-bond donors (Lipinski definition) is 1. The normalized spacial score (nSPS) is 21.2. The van der Waals surface area contributed by atoms with Gasteiger partial charge in [-0.3, -0.25) is 9.59 Å². The third kappa shape index (κ3) is 3.17. The Bertz CT molecular complexity index is 752. The van der Waals surface area contributed by atoms with Crippen LogP contribution in [0.2, 0.25) is 0 Å². The van der Waals surface area contributed by atoms with E-state index in [0.29, 0.717) is 18.2 Å². The first-order chi connectivity index (χ1) is 11.1. The van der Waals surface area contributed by atoms with Crippen molar-refractivity contribution in [2.24, 2.45) is 5.92 Å². The first-order valence-corrected chi connectivity index (χ1v) is 8.59. The summed E-state index contributed by atoms with van der Waals surface area (Å²) in [4.78, 5) is 28.5. The van der Waals surface area contributed by atoms with Crippen LogP contribution in [0.5, 0.6) is 5.75 Å². The zero-order valence-corrected chi connectivity index (χ0v) is 14.1. The molecule has 122 valence electrons.